The third kappa shape index (κ3) is 4.90. The monoisotopic (exact) mass is 385 g/mol. The fourth-order valence-corrected chi connectivity index (χ4v) is 4.76. The largest absolute Gasteiger partial charge is 0.352 e. The lowest BCUT2D eigenvalue weighted by Crippen LogP contribution is -2.47. The van der Waals surface area contributed by atoms with Crippen molar-refractivity contribution in [3.8, 4) is 0 Å². The molecule has 28 heavy (non-hydrogen) atoms. The summed E-state index contributed by atoms with van der Waals surface area (Å²) in [5.41, 5.74) is 5.02. The number of aryl methyl sites for hydroxylation is 3. The van der Waals surface area contributed by atoms with E-state index >= 15 is 0 Å². The molecule has 3 atom stereocenters. The molecule has 0 aromatic carbocycles. The molecule has 3 heterocycles. The van der Waals surface area contributed by atoms with Gasteiger partial charge in [0, 0.05) is 49.6 Å². The average Bonchev–Trinajstić information content (AvgIpc) is 2.93. The molecule has 0 spiro atoms. The topological polar surface area (TPSA) is 62.5 Å². The first-order chi connectivity index (χ1) is 13.2. The van der Waals surface area contributed by atoms with Crippen LogP contribution in [0, 0.1) is 32.6 Å². The number of likely N-dealkylation sites (tertiary alicyclic amines) is 1. The number of hydrogen-bond acceptors (Lipinski definition) is 4. The van der Waals surface area contributed by atoms with Crippen LogP contribution in [0.25, 0.3) is 5.65 Å². The predicted molar refractivity (Wildman–Crippen MR) is 113 cm³/mol. The fraction of sp³-hybridized carbons (Fsp3) is 0.682. The van der Waals surface area contributed by atoms with Gasteiger partial charge < -0.3 is 10.2 Å². The van der Waals surface area contributed by atoms with Gasteiger partial charge in [-0.2, -0.15) is 5.10 Å². The van der Waals surface area contributed by atoms with Gasteiger partial charge in [-0.15, -0.1) is 0 Å². The van der Waals surface area contributed by atoms with Gasteiger partial charge in [-0.3, -0.25) is 4.79 Å². The fourth-order valence-electron chi connectivity index (χ4n) is 4.76. The van der Waals surface area contributed by atoms with Crippen molar-refractivity contribution in [2.75, 3.05) is 19.6 Å². The molecule has 2 aromatic rings. The van der Waals surface area contributed by atoms with E-state index in [1.807, 2.05) is 24.4 Å². The Morgan fingerprint density at radius 3 is 2.61 bits per heavy atom. The van der Waals surface area contributed by atoms with Gasteiger partial charge in [-0.25, -0.2) is 9.50 Å². The Morgan fingerprint density at radius 2 is 1.93 bits per heavy atom. The van der Waals surface area contributed by atoms with E-state index in [0.29, 0.717) is 12.8 Å². The molecule has 154 valence electrons. The van der Waals surface area contributed by atoms with Gasteiger partial charge in [-0.05, 0) is 57.9 Å². The van der Waals surface area contributed by atoms with Gasteiger partial charge in [0.05, 0.1) is 5.69 Å². The molecule has 1 aliphatic heterocycles. The Morgan fingerprint density at radius 1 is 1.25 bits per heavy atom. The van der Waals surface area contributed by atoms with Crippen molar-refractivity contribution in [1.82, 2.24) is 24.8 Å². The van der Waals surface area contributed by atoms with Crippen LogP contribution in [0.5, 0.6) is 0 Å². The van der Waals surface area contributed by atoms with E-state index in [2.05, 4.69) is 48.0 Å². The Bertz CT molecular complexity index is 833. The highest BCUT2D eigenvalue weighted by atomic mass is 16.1. The van der Waals surface area contributed by atoms with Crippen molar-refractivity contribution in [1.29, 1.82) is 0 Å². The molecular weight excluding hydrogens is 350 g/mol. The van der Waals surface area contributed by atoms with E-state index in [1.165, 1.54) is 6.42 Å². The molecule has 0 saturated carbocycles. The van der Waals surface area contributed by atoms with E-state index < -0.39 is 0 Å². The number of amides is 1. The standard InChI is InChI=1S/C22H35N5O/c1-14-9-15(2)12-26(11-14)13-17(4)23-22(28)8-7-20-18(5)24-21-10-16(3)25-27(21)19(20)6/h10,14-15,17H,7-9,11-13H2,1-6H3,(H,23,28). The summed E-state index contributed by atoms with van der Waals surface area (Å²) in [6, 6.07) is 2.15. The zero-order valence-corrected chi connectivity index (χ0v) is 18.2. The van der Waals surface area contributed by atoms with Crippen LogP contribution in [0.1, 0.15) is 56.3 Å². The second kappa shape index (κ2) is 8.60. The molecule has 6 heteroatoms. The summed E-state index contributed by atoms with van der Waals surface area (Å²) in [6.45, 7) is 16.0. The molecule has 1 aliphatic rings. The van der Waals surface area contributed by atoms with Gasteiger partial charge in [0.2, 0.25) is 5.91 Å². The summed E-state index contributed by atoms with van der Waals surface area (Å²) in [7, 11) is 0. The number of nitrogens with zero attached hydrogens (tertiary/aromatic N) is 4. The van der Waals surface area contributed by atoms with Crippen LogP contribution in [0.2, 0.25) is 0 Å². The van der Waals surface area contributed by atoms with Crippen LogP contribution >= 0.6 is 0 Å². The van der Waals surface area contributed by atoms with Crippen LogP contribution in [-0.2, 0) is 11.2 Å². The minimum atomic E-state index is 0.112. The molecule has 3 unspecified atom stereocenters. The summed E-state index contributed by atoms with van der Waals surface area (Å²) in [4.78, 5) is 19.7. The Kier molecular flexibility index (Phi) is 6.38. The van der Waals surface area contributed by atoms with Crippen molar-refractivity contribution in [3.63, 3.8) is 0 Å². The number of aromatic nitrogens is 3. The van der Waals surface area contributed by atoms with Gasteiger partial charge in [0.15, 0.2) is 5.65 Å². The molecule has 0 bridgehead atoms. The summed E-state index contributed by atoms with van der Waals surface area (Å²) in [5.74, 6) is 1.60. The highest BCUT2D eigenvalue weighted by Crippen LogP contribution is 2.21. The van der Waals surface area contributed by atoms with Gasteiger partial charge in [0.25, 0.3) is 0 Å². The average molecular weight is 386 g/mol. The normalized spacial score (nSPS) is 21.8. The lowest BCUT2D eigenvalue weighted by Gasteiger charge is -2.36. The zero-order chi connectivity index (χ0) is 20.4. The van der Waals surface area contributed by atoms with Crippen molar-refractivity contribution in [3.05, 3.63) is 28.7 Å². The smallest absolute Gasteiger partial charge is 0.220 e. The van der Waals surface area contributed by atoms with Gasteiger partial charge >= 0.3 is 0 Å². The van der Waals surface area contributed by atoms with Crippen LogP contribution in [-0.4, -0.2) is 51.1 Å². The number of carbonyl (C=O) groups excluding carboxylic acids is 1. The third-order valence-corrected chi connectivity index (χ3v) is 5.77. The minimum Gasteiger partial charge on any atom is -0.352 e. The number of nitrogens with one attached hydrogen (secondary N) is 1. The van der Waals surface area contributed by atoms with E-state index in [4.69, 9.17) is 0 Å². The van der Waals surface area contributed by atoms with E-state index in [9.17, 15) is 4.79 Å². The van der Waals surface area contributed by atoms with Gasteiger partial charge in [0.1, 0.15) is 0 Å². The molecule has 2 aromatic heterocycles. The SMILES string of the molecule is Cc1cc2nc(C)c(CCC(=O)NC(C)CN3CC(C)CC(C)C3)c(C)n2n1. The zero-order valence-electron chi connectivity index (χ0n) is 18.2. The Labute approximate surface area is 168 Å². The van der Waals surface area contributed by atoms with Gasteiger partial charge in [-0.1, -0.05) is 13.8 Å². The molecule has 1 N–H and O–H groups in total. The molecular formula is C22H35N5O. The highest BCUT2D eigenvalue weighted by molar-refractivity contribution is 5.76. The first kappa shape index (κ1) is 20.8. The Balaban J connectivity index is 1.55. The Hall–Kier alpha value is -1.95. The van der Waals surface area contributed by atoms with Crippen molar-refractivity contribution < 1.29 is 4.79 Å². The third-order valence-electron chi connectivity index (χ3n) is 5.77. The first-order valence-electron chi connectivity index (χ1n) is 10.6. The molecule has 0 radical (unpaired) electrons. The summed E-state index contributed by atoms with van der Waals surface area (Å²) >= 11 is 0. The number of hydrogen-bond donors (Lipinski definition) is 1. The maximum absolute atomic E-state index is 12.5. The minimum absolute atomic E-state index is 0.112. The van der Waals surface area contributed by atoms with E-state index in [1.54, 1.807) is 0 Å². The molecule has 1 amide bonds. The van der Waals surface area contributed by atoms with Crippen molar-refractivity contribution in [2.45, 2.75) is 66.8 Å². The van der Waals surface area contributed by atoms with Crippen molar-refractivity contribution in [2.24, 2.45) is 11.8 Å². The van der Waals surface area contributed by atoms with Crippen LogP contribution in [0.15, 0.2) is 6.07 Å². The van der Waals surface area contributed by atoms with E-state index in [0.717, 1.165) is 59.8 Å². The predicted octanol–water partition coefficient (Wildman–Crippen LogP) is 3.07. The molecule has 3 rings (SSSR count). The number of carbonyl (C=O) groups is 1. The molecule has 6 nitrogen and oxygen atoms in total. The lowest BCUT2D eigenvalue weighted by molar-refractivity contribution is -0.121. The molecule has 1 saturated heterocycles. The summed E-state index contributed by atoms with van der Waals surface area (Å²) < 4.78 is 1.89. The molecule has 0 aliphatic carbocycles. The number of fused-ring (bicyclic) bond motifs is 1. The van der Waals surface area contributed by atoms with Crippen molar-refractivity contribution >= 4 is 11.6 Å². The van der Waals surface area contributed by atoms with Crippen LogP contribution < -0.4 is 5.32 Å². The van der Waals surface area contributed by atoms with E-state index in [-0.39, 0.29) is 11.9 Å². The number of piperidine rings is 1. The maximum Gasteiger partial charge on any atom is 0.220 e. The maximum atomic E-state index is 12.5. The van der Waals surface area contributed by atoms with Crippen LogP contribution in [0.4, 0.5) is 0 Å². The second-order valence-electron chi connectivity index (χ2n) is 8.95. The first-order valence-corrected chi connectivity index (χ1v) is 10.6. The summed E-state index contributed by atoms with van der Waals surface area (Å²) in [6.07, 6.45) is 2.48. The number of rotatable bonds is 6. The lowest BCUT2D eigenvalue weighted by atomic mass is 9.92. The second-order valence-corrected chi connectivity index (χ2v) is 8.95. The van der Waals surface area contributed by atoms with Crippen LogP contribution in [0.3, 0.4) is 0 Å². The molecule has 1 fully saturated rings. The summed E-state index contributed by atoms with van der Waals surface area (Å²) in [5, 5.41) is 7.70. The highest BCUT2D eigenvalue weighted by Gasteiger charge is 2.23. The quantitative estimate of drug-likeness (QED) is 0.830.